The van der Waals surface area contributed by atoms with E-state index in [0.29, 0.717) is 11.4 Å². The van der Waals surface area contributed by atoms with Crippen LogP contribution in [0.15, 0.2) is 82.8 Å². The van der Waals surface area contributed by atoms with Crippen molar-refractivity contribution in [1.82, 2.24) is 0 Å². The van der Waals surface area contributed by atoms with E-state index in [9.17, 15) is 9.59 Å². The molecule has 0 spiro atoms. The van der Waals surface area contributed by atoms with Crippen molar-refractivity contribution in [3.8, 4) is 0 Å². The largest absolute Gasteiger partial charge is 0.240 e. The molecule has 4 nitrogen and oxygen atoms in total. The maximum atomic E-state index is 10.5. The van der Waals surface area contributed by atoms with Crippen molar-refractivity contribution in [3.05, 3.63) is 95.1 Å². The van der Waals surface area contributed by atoms with E-state index in [1.54, 1.807) is 12.2 Å². The number of rotatable bonds is 6. The van der Waals surface area contributed by atoms with Gasteiger partial charge < -0.3 is 0 Å². The standard InChI is InChI=1S/C26H24N2O2/c1-25(2,19-9-13-21(14-10-19)27-17-29)23-7-5-6-8-24(23)26(3,4)20-11-15-22(16-12-20)28-18-30/h5-16H,1-4H3. The van der Waals surface area contributed by atoms with E-state index in [0.717, 1.165) is 11.1 Å². The van der Waals surface area contributed by atoms with Crippen LogP contribution in [0.2, 0.25) is 0 Å². The van der Waals surface area contributed by atoms with Gasteiger partial charge in [0.25, 0.3) is 0 Å². The van der Waals surface area contributed by atoms with Crippen LogP contribution in [-0.2, 0) is 20.4 Å². The van der Waals surface area contributed by atoms with Crippen LogP contribution in [0.1, 0.15) is 49.9 Å². The number of hydrogen-bond acceptors (Lipinski definition) is 4. The Balaban J connectivity index is 2.08. The highest BCUT2D eigenvalue weighted by Gasteiger charge is 2.32. The second kappa shape index (κ2) is 8.42. The van der Waals surface area contributed by atoms with E-state index < -0.39 is 0 Å². The molecule has 0 atom stereocenters. The van der Waals surface area contributed by atoms with Gasteiger partial charge in [0.1, 0.15) is 0 Å². The number of aliphatic imine (C=N–C) groups is 2. The van der Waals surface area contributed by atoms with Crippen LogP contribution in [0.3, 0.4) is 0 Å². The molecular weight excluding hydrogens is 372 g/mol. The lowest BCUT2D eigenvalue weighted by molar-refractivity contribution is 0.564. The zero-order valence-electron chi connectivity index (χ0n) is 17.6. The summed E-state index contributed by atoms with van der Waals surface area (Å²) >= 11 is 0. The van der Waals surface area contributed by atoms with Gasteiger partial charge in [-0.05, 0) is 46.5 Å². The molecule has 0 aliphatic heterocycles. The second-order valence-corrected chi connectivity index (χ2v) is 8.30. The highest BCUT2D eigenvalue weighted by molar-refractivity contribution is 5.55. The molecule has 3 rings (SSSR count). The molecule has 3 aromatic carbocycles. The molecule has 0 fully saturated rings. The Bertz CT molecular complexity index is 1040. The summed E-state index contributed by atoms with van der Waals surface area (Å²) in [5.74, 6) is 0. The molecule has 3 aromatic rings. The molecule has 0 aliphatic carbocycles. The van der Waals surface area contributed by atoms with Crippen LogP contribution in [0.4, 0.5) is 11.4 Å². The summed E-state index contributed by atoms with van der Waals surface area (Å²) in [6.07, 6.45) is 3.16. The smallest absolute Gasteiger partial charge is 0.211 e. The van der Waals surface area contributed by atoms with Crippen molar-refractivity contribution in [1.29, 1.82) is 0 Å². The van der Waals surface area contributed by atoms with Gasteiger partial charge in [-0.15, -0.1) is 0 Å². The van der Waals surface area contributed by atoms with Crippen molar-refractivity contribution in [3.63, 3.8) is 0 Å². The Hall–Kier alpha value is -3.58. The molecule has 0 aromatic heterocycles. The Morgan fingerprint density at radius 2 is 0.900 bits per heavy atom. The molecule has 0 saturated carbocycles. The van der Waals surface area contributed by atoms with Crippen LogP contribution in [0.5, 0.6) is 0 Å². The lowest BCUT2D eigenvalue weighted by Crippen LogP contribution is -2.28. The van der Waals surface area contributed by atoms with E-state index in [1.165, 1.54) is 11.1 Å². The van der Waals surface area contributed by atoms with E-state index in [2.05, 4.69) is 61.9 Å². The van der Waals surface area contributed by atoms with Crippen molar-refractivity contribution in [2.75, 3.05) is 0 Å². The molecule has 0 saturated heterocycles. The van der Waals surface area contributed by atoms with Crippen LogP contribution in [0.25, 0.3) is 0 Å². The normalized spacial score (nSPS) is 11.3. The SMILES string of the molecule is CC(C)(c1ccc(N=C=O)cc1)c1ccccc1C(C)(C)c1ccc(N=C=O)cc1. The number of benzene rings is 3. The topological polar surface area (TPSA) is 58.9 Å². The summed E-state index contributed by atoms with van der Waals surface area (Å²) in [7, 11) is 0. The lowest BCUT2D eigenvalue weighted by Gasteiger charge is -2.35. The van der Waals surface area contributed by atoms with Gasteiger partial charge in [-0.3, -0.25) is 0 Å². The molecule has 0 aliphatic rings. The third kappa shape index (κ3) is 4.06. The summed E-state index contributed by atoms with van der Waals surface area (Å²) in [6.45, 7) is 8.78. The molecule has 0 unspecified atom stereocenters. The third-order valence-electron chi connectivity index (χ3n) is 5.80. The van der Waals surface area contributed by atoms with Gasteiger partial charge in [-0.2, -0.15) is 9.98 Å². The van der Waals surface area contributed by atoms with Crippen LogP contribution in [-0.4, -0.2) is 12.2 Å². The minimum Gasteiger partial charge on any atom is -0.211 e. The van der Waals surface area contributed by atoms with E-state index in [-0.39, 0.29) is 10.8 Å². The first-order chi connectivity index (χ1) is 14.3. The fraction of sp³-hybridized carbons (Fsp3) is 0.231. The van der Waals surface area contributed by atoms with E-state index >= 15 is 0 Å². The van der Waals surface area contributed by atoms with Gasteiger partial charge in [0.05, 0.1) is 11.4 Å². The predicted octanol–water partition coefficient (Wildman–Crippen LogP) is 6.27. The zero-order valence-corrected chi connectivity index (χ0v) is 17.6. The van der Waals surface area contributed by atoms with Crippen LogP contribution >= 0.6 is 0 Å². The first kappa shape index (κ1) is 21.1. The highest BCUT2D eigenvalue weighted by atomic mass is 16.1. The summed E-state index contributed by atoms with van der Waals surface area (Å²) in [4.78, 5) is 28.4. The van der Waals surface area contributed by atoms with Crippen molar-refractivity contribution in [2.24, 2.45) is 9.98 Å². The van der Waals surface area contributed by atoms with Gasteiger partial charge in [-0.1, -0.05) is 76.2 Å². The quantitative estimate of drug-likeness (QED) is 0.364. The zero-order chi connectivity index (χ0) is 21.8. The Morgan fingerprint density at radius 3 is 1.20 bits per heavy atom. The first-order valence-corrected chi connectivity index (χ1v) is 9.77. The van der Waals surface area contributed by atoms with Crippen molar-refractivity contribution in [2.45, 2.75) is 38.5 Å². The van der Waals surface area contributed by atoms with Gasteiger partial charge in [0.15, 0.2) is 0 Å². The molecule has 4 heteroatoms. The number of carbonyl (C=O) groups excluding carboxylic acids is 2. The molecular formula is C26H24N2O2. The van der Waals surface area contributed by atoms with Gasteiger partial charge in [0.2, 0.25) is 12.2 Å². The molecule has 0 amide bonds. The predicted molar refractivity (Wildman–Crippen MR) is 119 cm³/mol. The number of isocyanates is 2. The van der Waals surface area contributed by atoms with Gasteiger partial charge in [-0.25, -0.2) is 9.59 Å². The molecule has 150 valence electrons. The van der Waals surface area contributed by atoms with Gasteiger partial charge in [0, 0.05) is 10.8 Å². The van der Waals surface area contributed by atoms with E-state index in [4.69, 9.17) is 0 Å². The van der Waals surface area contributed by atoms with Crippen LogP contribution < -0.4 is 0 Å². The summed E-state index contributed by atoms with van der Waals surface area (Å²) in [5, 5.41) is 0. The van der Waals surface area contributed by atoms with Crippen molar-refractivity contribution >= 4 is 23.5 Å². The third-order valence-corrected chi connectivity index (χ3v) is 5.80. The Kier molecular flexibility index (Phi) is 5.94. The fourth-order valence-electron chi connectivity index (χ4n) is 3.89. The highest BCUT2D eigenvalue weighted by Crippen LogP contribution is 2.41. The maximum absolute atomic E-state index is 10.5. The fourth-order valence-corrected chi connectivity index (χ4v) is 3.89. The summed E-state index contributed by atoms with van der Waals surface area (Å²) in [6, 6.07) is 23.8. The monoisotopic (exact) mass is 396 g/mol. The maximum Gasteiger partial charge on any atom is 0.240 e. The summed E-state index contributed by atoms with van der Waals surface area (Å²) in [5.41, 5.74) is 5.36. The van der Waals surface area contributed by atoms with E-state index in [1.807, 2.05) is 48.5 Å². The number of hydrogen-bond donors (Lipinski definition) is 0. The molecule has 0 radical (unpaired) electrons. The Labute approximate surface area is 177 Å². The second-order valence-electron chi connectivity index (χ2n) is 8.30. The Morgan fingerprint density at radius 1 is 0.567 bits per heavy atom. The molecule has 0 N–H and O–H groups in total. The minimum atomic E-state index is -0.265. The molecule has 30 heavy (non-hydrogen) atoms. The van der Waals surface area contributed by atoms with Crippen molar-refractivity contribution < 1.29 is 9.59 Å². The number of nitrogens with zero attached hydrogens (tertiary/aromatic N) is 2. The minimum absolute atomic E-state index is 0.265. The average molecular weight is 396 g/mol. The molecule has 0 bridgehead atoms. The lowest BCUT2D eigenvalue weighted by atomic mass is 9.68. The first-order valence-electron chi connectivity index (χ1n) is 9.77. The van der Waals surface area contributed by atoms with Crippen LogP contribution in [0, 0.1) is 0 Å². The summed E-state index contributed by atoms with van der Waals surface area (Å²) < 4.78 is 0. The van der Waals surface area contributed by atoms with Gasteiger partial charge >= 0.3 is 0 Å². The average Bonchev–Trinajstić information content (AvgIpc) is 2.75. The molecule has 0 heterocycles.